The van der Waals surface area contributed by atoms with Gasteiger partial charge in [0.15, 0.2) is 0 Å². The van der Waals surface area contributed by atoms with Crippen molar-refractivity contribution in [3.63, 3.8) is 0 Å². The van der Waals surface area contributed by atoms with Crippen LogP contribution in [0.25, 0.3) is 11.0 Å². The zero-order chi connectivity index (χ0) is 30.8. The lowest BCUT2D eigenvalue weighted by Crippen LogP contribution is -2.36. The maximum Gasteiger partial charge on any atom is 0.490 e. The SMILES string of the molecule is CC(C)(C)OC(=O)N[C@@H](Cc1ccc(C2CC(=O)NS2(=O)=O)c(F)c1)c1nc2ccccc2[nH]1.O=C(O)C(F)(F)F. The van der Waals surface area contributed by atoms with Gasteiger partial charge in [-0.3, -0.25) is 9.52 Å². The lowest BCUT2D eigenvalue weighted by atomic mass is 10.0. The Bertz CT molecular complexity index is 1530. The van der Waals surface area contributed by atoms with Crippen LogP contribution in [-0.4, -0.2) is 53.2 Å². The third-order valence-electron chi connectivity index (χ3n) is 5.52. The third kappa shape index (κ3) is 8.39. The molecule has 1 saturated heterocycles. The van der Waals surface area contributed by atoms with Crippen molar-refractivity contribution in [2.45, 2.75) is 56.7 Å². The number of carboxylic acids is 1. The minimum absolute atomic E-state index is 0.0810. The normalized spacial score (nSPS) is 17.2. The van der Waals surface area contributed by atoms with Gasteiger partial charge in [-0.25, -0.2) is 27.4 Å². The Kier molecular flexibility index (Phi) is 8.95. The van der Waals surface area contributed by atoms with E-state index in [0.29, 0.717) is 16.9 Å². The number of carbonyl (C=O) groups excluding carboxylic acids is 2. The number of halogens is 4. The van der Waals surface area contributed by atoms with E-state index in [0.717, 1.165) is 5.52 Å². The van der Waals surface area contributed by atoms with E-state index < -0.39 is 56.9 Å². The molecule has 1 aliphatic heterocycles. The number of carbonyl (C=O) groups is 3. The number of amides is 2. The smallest absolute Gasteiger partial charge is 0.475 e. The number of aromatic nitrogens is 2. The lowest BCUT2D eigenvalue weighted by molar-refractivity contribution is -0.192. The van der Waals surface area contributed by atoms with E-state index in [1.54, 1.807) is 26.8 Å². The van der Waals surface area contributed by atoms with Crippen molar-refractivity contribution in [2.75, 3.05) is 0 Å². The summed E-state index contributed by atoms with van der Waals surface area (Å²) in [6, 6.07) is 10.8. The van der Waals surface area contributed by atoms with Gasteiger partial charge in [-0.05, 0) is 44.5 Å². The highest BCUT2D eigenvalue weighted by Gasteiger charge is 2.39. The lowest BCUT2D eigenvalue weighted by Gasteiger charge is -2.23. The summed E-state index contributed by atoms with van der Waals surface area (Å²) in [5.41, 5.74) is 1.19. The average Bonchev–Trinajstić information content (AvgIpc) is 3.36. The van der Waals surface area contributed by atoms with Gasteiger partial charge in [0.2, 0.25) is 15.9 Å². The summed E-state index contributed by atoms with van der Waals surface area (Å²) in [4.78, 5) is 40.6. The molecule has 11 nitrogen and oxygen atoms in total. The number of alkyl halides is 3. The number of benzene rings is 2. The molecule has 0 spiro atoms. The number of para-hydroxylation sites is 2. The zero-order valence-corrected chi connectivity index (χ0v) is 22.7. The highest BCUT2D eigenvalue weighted by atomic mass is 32.2. The molecule has 4 rings (SSSR count). The summed E-state index contributed by atoms with van der Waals surface area (Å²) < 4.78 is 78.2. The second kappa shape index (κ2) is 11.7. The summed E-state index contributed by atoms with van der Waals surface area (Å²) >= 11 is 0. The molecule has 2 atom stereocenters. The molecule has 16 heteroatoms. The molecular formula is C25H26F4N4O7S. The third-order valence-corrected chi connectivity index (χ3v) is 7.21. The number of aliphatic carboxylic acids is 1. The fourth-order valence-electron chi connectivity index (χ4n) is 3.82. The van der Waals surface area contributed by atoms with Crippen LogP contribution in [0.5, 0.6) is 0 Å². The van der Waals surface area contributed by atoms with Crippen molar-refractivity contribution in [3.05, 3.63) is 65.2 Å². The Labute approximate surface area is 231 Å². The molecule has 222 valence electrons. The number of hydrogen-bond acceptors (Lipinski definition) is 7. The number of fused-ring (bicyclic) bond motifs is 1. The predicted octanol–water partition coefficient (Wildman–Crippen LogP) is 4.03. The highest BCUT2D eigenvalue weighted by Crippen LogP contribution is 2.32. The monoisotopic (exact) mass is 602 g/mol. The fourth-order valence-corrected chi connectivity index (χ4v) is 5.26. The zero-order valence-electron chi connectivity index (χ0n) is 21.9. The Morgan fingerprint density at radius 1 is 1.17 bits per heavy atom. The number of carboxylic acid groups (broad SMARTS) is 1. The van der Waals surface area contributed by atoms with Crippen LogP contribution < -0.4 is 10.0 Å². The van der Waals surface area contributed by atoms with Gasteiger partial charge in [0, 0.05) is 12.0 Å². The second-order valence-corrected chi connectivity index (χ2v) is 11.8. The van der Waals surface area contributed by atoms with Crippen molar-refractivity contribution in [1.82, 2.24) is 20.0 Å². The Morgan fingerprint density at radius 2 is 1.80 bits per heavy atom. The van der Waals surface area contributed by atoms with Crippen molar-refractivity contribution in [1.29, 1.82) is 0 Å². The van der Waals surface area contributed by atoms with E-state index >= 15 is 0 Å². The molecule has 2 heterocycles. The molecule has 4 N–H and O–H groups in total. The number of alkyl carbamates (subject to hydrolysis) is 1. The van der Waals surface area contributed by atoms with Gasteiger partial charge < -0.3 is 20.1 Å². The van der Waals surface area contributed by atoms with Crippen LogP contribution in [0.2, 0.25) is 0 Å². The molecule has 2 aromatic carbocycles. The van der Waals surface area contributed by atoms with E-state index in [1.165, 1.54) is 12.1 Å². The summed E-state index contributed by atoms with van der Waals surface area (Å²) in [6.07, 6.45) is -5.91. The number of rotatable bonds is 5. The summed E-state index contributed by atoms with van der Waals surface area (Å²) in [5, 5.41) is 8.63. The summed E-state index contributed by atoms with van der Waals surface area (Å²) in [5.74, 6) is -3.71. The van der Waals surface area contributed by atoms with E-state index in [1.807, 2.05) is 29.0 Å². The van der Waals surface area contributed by atoms with Crippen molar-refractivity contribution < 1.29 is 50.2 Å². The molecule has 1 aromatic heterocycles. The molecule has 2 amide bonds. The van der Waals surface area contributed by atoms with Crippen LogP contribution in [0.1, 0.15) is 55.4 Å². The molecule has 0 saturated carbocycles. The van der Waals surface area contributed by atoms with Gasteiger partial charge in [0.05, 0.1) is 23.5 Å². The first-order valence-corrected chi connectivity index (χ1v) is 13.5. The fraction of sp³-hybridized carbons (Fsp3) is 0.360. The number of aromatic amines is 1. The molecule has 0 radical (unpaired) electrons. The molecule has 0 aliphatic carbocycles. The quantitative estimate of drug-likeness (QED) is 0.318. The number of nitrogens with zero attached hydrogens (tertiary/aromatic N) is 1. The van der Waals surface area contributed by atoms with E-state index in [-0.39, 0.29) is 18.4 Å². The van der Waals surface area contributed by atoms with E-state index in [4.69, 9.17) is 14.6 Å². The molecule has 1 unspecified atom stereocenters. The van der Waals surface area contributed by atoms with Crippen molar-refractivity contribution in [3.8, 4) is 0 Å². The molecule has 1 aliphatic rings. The number of nitrogens with one attached hydrogen (secondary N) is 3. The van der Waals surface area contributed by atoms with Gasteiger partial charge in [0.1, 0.15) is 22.5 Å². The summed E-state index contributed by atoms with van der Waals surface area (Å²) in [7, 11) is -3.97. The first-order valence-electron chi connectivity index (χ1n) is 11.9. The van der Waals surface area contributed by atoms with Crippen LogP contribution in [0.15, 0.2) is 42.5 Å². The molecular weight excluding hydrogens is 576 g/mol. The minimum Gasteiger partial charge on any atom is -0.475 e. The molecule has 3 aromatic rings. The summed E-state index contributed by atoms with van der Waals surface area (Å²) in [6.45, 7) is 5.23. The van der Waals surface area contributed by atoms with Crippen molar-refractivity contribution >= 4 is 39.0 Å². The predicted molar refractivity (Wildman–Crippen MR) is 136 cm³/mol. The van der Waals surface area contributed by atoms with E-state index in [2.05, 4.69) is 15.3 Å². The van der Waals surface area contributed by atoms with Crippen LogP contribution in [-0.2, 0) is 30.8 Å². The molecule has 0 bridgehead atoms. The average molecular weight is 603 g/mol. The van der Waals surface area contributed by atoms with Crippen molar-refractivity contribution in [2.24, 2.45) is 0 Å². The highest BCUT2D eigenvalue weighted by molar-refractivity contribution is 7.90. The number of sulfonamides is 1. The Morgan fingerprint density at radius 3 is 2.32 bits per heavy atom. The number of ether oxygens (including phenoxy) is 1. The van der Waals surface area contributed by atoms with Gasteiger partial charge in [0.25, 0.3) is 0 Å². The Hall–Kier alpha value is -4.21. The first kappa shape index (κ1) is 31.3. The van der Waals surface area contributed by atoms with E-state index in [9.17, 15) is 35.6 Å². The van der Waals surface area contributed by atoms with Gasteiger partial charge in [-0.2, -0.15) is 13.2 Å². The number of hydrogen-bond donors (Lipinski definition) is 4. The van der Waals surface area contributed by atoms with Crippen LogP contribution in [0.4, 0.5) is 22.4 Å². The number of imidazole rings is 1. The molecule has 1 fully saturated rings. The topological polar surface area (TPSA) is 168 Å². The second-order valence-electron chi connectivity index (χ2n) is 9.96. The molecule has 41 heavy (non-hydrogen) atoms. The van der Waals surface area contributed by atoms with Gasteiger partial charge >= 0.3 is 18.2 Å². The number of H-pyrrole nitrogens is 1. The maximum absolute atomic E-state index is 14.9. The Balaban J connectivity index is 0.000000587. The van der Waals surface area contributed by atoms with Gasteiger partial charge in [-0.1, -0.05) is 24.3 Å². The van der Waals surface area contributed by atoms with Crippen LogP contribution in [0.3, 0.4) is 0 Å². The first-order chi connectivity index (χ1) is 18.9. The van der Waals surface area contributed by atoms with Crippen LogP contribution >= 0.6 is 0 Å². The standard InChI is InChI=1S/C23H25FN4O5S.C2HF3O2/c1-23(2,3)33-22(30)27-18(21-25-16-6-4-5-7-17(16)26-21)11-13-8-9-14(15(24)10-13)19-12-20(29)28-34(19,31)32;3-2(4,5)1(6)7/h4-10,18-19H,11-12H2,1-3H3,(H,25,26)(H,27,30)(H,28,29);(H,6,7)/t18-,19?;/m0./s1. The largest absolute Gasteiger partial charge is 0.490 e. The minimum atomic E-state index is -5.08. The van der Waals surface area contributed by atoms with Crippen LogP contribution in [0, 0.1) is 5.82 Å². The van der Waals surface area contributed by atoms with Gasteiger partial charge in [-0.15, -0.1) is 0 Å². The maximum atomic E-state index is 14.9.